The Labute approximate surface area is 131 Å². The first-order valence-electron chi connectivity index (χ1n) is 8.12. The molecule has 1 aliphatic rings. The van der Waals surface area contributed by atoms with E-state index in [1.807, 2.05) is 37.5 Å². The molecule has 1 aliphatic carbocycles. The van der Waals surface area contributed by atoms with Crippen molar-refractivity contribution >= 4 is 16.8 Å². The van der Waals surface area contributed by atoms with Gasteiger partial charge in [-0.25, -0.2) is 0 Å². The summed E-state index contributed by atoms with van der Waals surface area (Å²) in [7, 11) is 1.85. The number of likely N-dealkylation sites (N-methyl/N-ethyl adjacent to an activating group) is 1. The molecule has 4 heteroatoms. The summed E-state index contributed by atoms with van der Waals surface area (Å²) < 4.78 is 0. The van der Waals surface area contributed by atoms with Crippen LogP contribution in [0.3, 0.4) is 0 Å². The number of fused-ring (bicyclic) bond motifs is 1. The van der Waals surface area contributed by atoms with Gasteiger partial charge in [0.2, 0.25) is 5.91 Å². The second kappa shape index (κ2) is 6.53. The van der Waals surface area contributed by atoms with Gasteiger partial charge in [0.1, 0.15) is 0 Å². The Balaban J connectivity index is 1.63. The predicted octanol–water partition coefficient (Wildman–Crippen LogP) is 2.72. The van der Waals surface area contributed by atoms with Crippen LogP contribution in [0.4, 0.5) is 0 Å². The Bertz CT molecular complexity index is 649. The molecule has 0 radical (unpaired) electrons. The molecule has 118 valence electrons. The molecule has 1 heterocycles. The molecule has 1 aromatic heterocycles. The third-order valence-corrected chi connectivity index (χ3v) is 4.82. The standard InChI is InChI=1S/C18H24N2O2/c1-20(12-13-6-2-5-9-17(13)21)18(22)10-14-11-19-16-8-4-3-7-15(14)16/h3-4,7-8,11,13,17,19,21H,2,5-6,9-10,12H2,1H3. The van der Waals surface area contributed by atoms with Crippen molar-refractivity contribution < 1.29 is 9.90 Å². The highest BCUT2D eigenvalue weighted by molar-refractivity contribution is 5.88. The lowest BCUT2D eigenvalue weighted by Gasteiger charge is -2.31. The molecular weight excluding hydrogens is 276 g/mol. The average molecular weight is 300 g/mol. The van der Waals surface area contributed by atoms with Crippen LogP contribution in [0, 0.1) is 5.92 Å². The van der Waals surface area contributed by atoms with Gasteiger partial charge >= 0.3 is 0 Å². The average Bonchev–Trinajstić information content (AvgIpc) is 2.93. The first-order chi connectivity index (χ1) is 10.6. The van der Waals surface area contributed by atoms with E-state index in [9.17, 15) is 9.90 Å². The smallest absolute Gasteiger partial charge is 0.226 e. The molecule has 3 rings (SSSR count). The minimum Gasteiger partial charge on any atom is -0.393 e. The number of para-hydroxylation sites is 1. The molecule has 2 unspecified atom stereocenters. The topological polar surface area (TPSA) is 56.3 Å². The third kappa shape index (κ3) is 3.17. The summed E-state index contributed by atoms with van der Waals surface area (Å²) >= 11 is 0. The second-order valence-corrected chi connectivity index (χ2v) is 6.42. The number of hydrogen-bond acceptors (Lipinski definition) is 2. The molecule has 1 aromatic carbocycles. The zero-order valence-corrected chi connectivity index (χ0v) is 13.1. The van der Waals surface area contributed by atoms with E-state index in [0.29, 0.717) is 13.0 Å². The van der Waals surface area contributed by atoms with E-state index in [2.05, 4.69) is 4.98 Å². The van der Waals surface area contributed by atoms with Crippen LogP contribution in [0.15, 0.2) is 30.5 Å². The Kier molecular flexibility index (Phi) is 4.48. The zero-order chi connectivity index (χ0) is 15.5. The Morgan fingerprint density at radius 3 is 2.91 bits per heavy atom. The highest BCUT2D eigenvalue weighted by Gasteiger charge is 2.25. The predicted molar refractivity (Wildman–Crippen MR) is 87.6 cm³/mol. The highest BCUT2D eigenvalue weighted by atomic mass is 16.3. The fourth-order valence-corrected chi connectivity index (χ4v) is 3.43. The SMILES string of the molecule is CN(CC1CCCCC1O)C(=O)Cc1c[nH]c2ccccc12. The van der Waals surface area contributed by atoms with Crippen molar-refractivity contribution in [2.75, 3.05) is 13.6 Å². The van der Waals surface area contributed by atoms with E-state index in [4.69, 9.17) is 0 Å². The van der Waals surface area contributed by atoms with E-state index >= 15 is 0 Å². The number of aliphatic hydroxyl groups excluding tert-OH is 1. The molecular formula is C18H24N2O2. The number of H-pyrrole nitrogens is 1. The van der Waals surface area contributed by atoms with Crippen LogP contribution in [-0.2, 0) is 11.2 Å². The van der Waals surface area contributed by atoms with E-state index in [1.54, 1.807) is 4.90 Å². The van der Waals surface area contributed by atoms with Gasteiger partial charge in [0.25, 0.3) is 0 Å². The quantitative estimate of drug-likeness (QED) is 0.912. The number of hydrogen-bond donors (Lipinski definition) is 2. The zero-order valence-electron chi connectivity index (χ0n) is 13.1. The minimum atomic E-state index is -0.253. The van der Waals surface area contributed by atoms with Crippen molar-refractivity contribution in [3.8, 4) is 0 Å². The number of carbonyl (C=O) groups is 1. The van der Waals surface area contributed by atoms with Gasteiger partial charge in [0, 0.05) is 36.6 Å². The molecule has 2 aromatic rings. The Morgan fingerprint density at radius 1 is 1.32 bits per heavy atom. The Morgan fingerprint density at radius 2 is 2.09 bits per heavy atom. The number of aliphatic hydroxyl groups is 1. The van der Waals surface area contributed by atoms with Crippen LogP contribution in [0.5, 0.6) is 0 Å². The molecule has 0 bridgehead atoms. The van der Waals surface area contributed by atoms with Crippen molar-refractivity contribution in [2.24, 2.45) is 5.92 Å². The van der Waals surface area contributed by atoms with E-state index in [1.165, 1.54) is 0 Å². The summed E-state index contributed by atoms with van der Waals surface area (Å²) in [5.41, 5.74) is 2.10. The fraction of sp³-hybridized carbons (Fsp3) is 0.500. The van der Waals surface area contributed by atoms with Gasteiger partial charge in [-0.1, -0.05) is 31.0 Å². The maximum Gasteiger partial charge on any atom is 0.226 e. The number of benzene rings is 1. The third-order valence-electron chi connectivity index (χ3n) is 4.82. The van der Waals surface area contributed by atoms with Crippen molar-refractivity contribution in [1.29, 1.82) is 0 Å². The molecule has 0 saturated heterocycles. The van der Waals surface area contributed by atoms with Gasteiger partial charge in [0.05, 0.1) is 12.5 Å². The first kappa shape index (κ1) is 15.1. The second-order valence-electron chi connectivity index (χ2n) is 6.42. The van der Waals surface area contributed by atoms with E-state index < -0.39 is 0 Å². The number of nitrogens with one attached hydrogen (secondary N) is 1. The van der Waals surface area contributed by atoms with Crippen molar-refractivity contribution in [2.45, 2.75) is 38.2 Å². The minimum absolute atomic E-state index is 0.113. The summed E-state index contributed by atoms with van der Waals surface area (Å²) in [5, 5.41) is 11.2. The number of aromatic amines is 1. The highest BCUT2D eigenvalue weighted by Crippen LogP contribution is 2.25. The molecule has 1 amide bonds. The van der Waals surface area contributed by atoms with Crippen molar-refractivity contribution in [1.82, 2.24) is 9.88 Å². The first-order valence-corrected chi connectivity index (χ1v) is 8.12. The number of nitrogens with zero attached hydrogens (tertiary/aromatic N) is 1. The van der Waals surface area contributed by atoms with Crippen LogP contribution in [-0.4, -0.2) is 40.6 Å². The normalized spacial score (nSPS) is 21.9. The largest absolute Gasteiger partial charge is 0.393 e. The molecule has 22 heavy (non-hydrogen) atoms. The number of rotatable bonds is 4. The van der Waals surface area contributed by atoms with Crippen molar-refractivity contribution in [3.05, 3.63) is 36.0 Å². The lowest BCUT2D eigenvalue weighted by Crippen LogP contribution is -2.38. The van der Waals surface area contributed by atoms with Gasteiger partial charge in [-0.2, -0.15) is 0 Å². The van der Waals surface area contributed by atoms with Gasteiger partial charge in [-0.05, 0) is 24.5 Å². The maximum absolute atomic E-state index is 12.5. The van der Waals surface area contributed by atoms with Crippen LogP contribution < -0.4 is 0 Å². The van der Waals surface area contributed by atoms with Crippen LogP contribution in [0.25, 0.3) is 10.9 Å². The van der Waals surface area contributed by atoms with Crippen LogP contribution >= 0.6 is 0 Å². The molecule has 0 spiro atoms. The molecule has 2 N–H and O–H groups in total. The molecule has 4 nitrogen and oxygen atoms in total. The van der Waals surface area contributed by atoms with E-state index in [-0.39, 0.29) is 17.9 Å². The Hall–Kier alpha value is -1.81. The molecule has 0 aliphatic heterocycles. The van der Waals surface area contributed by atoms with Gasteiger partial charge in [-0.3, -0.25) is 4.79 Å². The maximum atomic E-state index is 12.5. The summed E-state index contributed by atoms with van der Waals surface area (Å²) in [6.45, 7) is 0.655. The summed E-state index contributed by atoms with van der Waals surface area (Å²) in [6, 6.07) is 8.04. The summed E-state index contributed by atoms with van der Waals surface area (Å²) in [5.74, 6) is 0.341. The van der Waals surface area contributed by atoms with Crippen LogP contribution in [0.1, 0.15) is 31.2 Å². The number of aromatic nitrogens is 1. The fourth-order valence-electron chi connectivity index (χ4n) is 3.43. The van der Waals surface area contributed by atoms with Gasteiger partial charge < -0.3 is 15.0 Å². The summed E-state index contributed by atoms with van der Waals surface area (Å²) in [4.78, 5) is 17.5. The monoisotopic (exact) mass is 300 g/mol. The number of carbonyl (C=O) groups excluding carboxylic acids is 1. The lowest BCUT2D eigenvalue weighted by atomic mass is 9.86. The number of amides is 1. The lowest BCUT2D eigenvalue weighted by molar-refractivity contribution is -0.130. The van der Waals surface area contributed by atoms with Crippen molar-refractivity contribution in [3.63, 3.8) is 0 Å². The van der Waals surface area contributed by atoms with Crippen LogP contribution in [0.2, 0.25) is 0 Å². The molecule has 1 saturated carbocycles. The van der Waals surface area contributed by atoms with Gasteiger partial charge in [0.15, 0.2) is 0 Å². The summed E-state index contributed by atoms with van der Waals surface area (Å²) in [6.07, 6.45) is 6.23. The van der Waals surface area contributed by atoms with Gasteiger partial charge in [-0.15, -0.1) is 0 Å². The molecule has 2 atom stereocenters. The van der Waals surface area contributed by atoms with E-state index in [0.717, 1.165) is 42.1 Å². The molecule has 1 fully saturated rings.